The molecule has 1 aromatic carbocycles. The molecular weight excluding hydrogens is 182 g/mol. The predicted molar refractivity (Wildman–Crippen MR) is 65.5 cm³/mol. The van der Waals surface area contributed by atoms with E-state index in [4.69, 9.17) is 0 Å². The van der Waals surface area contributed by atoms with Gasteiger partial charge in [-0.2, -0.15) is 0 Å². The van der Waals surface area contributed by atoms with Crippen molar-refractivity contribution < 1.29 is 0 Å². The molecule has 2 rings (SSSR count). The van der Waals surface area contributed by atoms with Gasteiger partial charge in [-0.3, -0.25) is 0 Å². The number of nitrogens with zero attached hydrogens (tertiary/aromatic N) is 1. The molecule has 0 atom stereocenters. The molecule has 78 valence electrons. The molecule has 0 bridgehead atoms. The second-order valence-electron chi connectivity index (χ2n) is 4.24. The highest BCUT2D eigenvalue weighted by molar-refractivity contribution is 5.69. The highest BCUT2D eigenvalue weighted by Gasteiger charge is 2.12. The van der Waals surface area contributed by atoms with E-state index in [1.165, 1.54) is 22.4 Å². The molecule has 15 heavy (non-hydrogen) atoms. The quantitative estimate of drug-likeness (QED) is 0.671. The van der Waals surface area contributed by atoms with Crippen molar-refractivity contribution in [2.24, 2.45) is 0 Å². The molecule has 0 spiro atoms. The molecule has 0 radical (unpaired) electrons. The molecule has 0 amide bonds. The fourth-order valence-electron chi connectivity index (χ4n) is 2.02. The van der Waals surface area contributed by atoms with E-state index < -0.39 is 0 Å². The van der Waals surface area contributed by atoms with Crippen molar-refractivity contribution in [3.8, 4) is 0 Å². The molecule has 0 aliphatic carbocycles. The van der Waals surface area contributed by atoms with Crippen LogP contribution < -0.4 is 0 Å². The first-order valence-electron chi connectivity index (χ1n) is 5.33. The van der Waals surface area contributed by atoms with E-state index in [1.807, 2.05) is 0 Å². The van der Waals surface area contributed by atoms with Gasteiger partial charge in [-0.25, -0.2) is 0 Å². The Kier molecular flexibility index (Phi) is 2.63. The number of rotatable bonds is 1. The Morgan fingerprint density at radius 3 is 2.47 bits per heavy atom. The molecule has 1 heteroatoms. The third kappa shape index (κ3) is 1.96. The first kappa shape index (κ1) is 10.0. The van der Waals surface area contributed by atoms with Crippen LogP contribution in [-0.2, 0) is 0 Å². The summed E-state index contributed by atoms with van der Waals surface area (Å²) in [6.07, 6.45) is 4.42. The summed E-state index contributed by atoms with van der Waals surface area (Å²) < 4.78 is 0. The van der Waals surface area contributed by atoms with Crippen LogP contribution in [0.3, 0.4) is 0 Å². The zero-order chi connectivity index (χ0) is 10.8. The van der Waals surface area contributed by atoms with Gasteiger partial charge in [0.25, 0.3) is 0 Å². The van der Waals surface area contributed by atoms with Crippen molar-refractivity contribution >= 4 is 5.70 Å². The Bertz CT molecular complexity index is 427. The summed E-state index contributed by atoms with van der Waals surface area (Å²) in [6, 6.07) is 8.53. The van der Waals surface area contributed by atoms with Gasteiger partial charge in [-0.1, -0.05) is 35.9 Å². The molecule has 0 fully saturated rings. The number of aryl methyl sites for hydroxylation is 1. The standard InChI is InChI=1S/C14H17N/c1-11-8-9-14(15(3)10-11)13-7-5-4-6-12(13)2/h4-9H,10H2,1-3H3. The molecule has 0 saturated carbocycles. The van der Waals surface area contributed by atoms with Gasteiger partial charge in [0.1, 0.15) is 0 Å². The van der Waals surface area contributed by atoms with Crippen LogP contribution in [0.15, 0.2) is 42.0 Å². The Morgan fingerprint density at radius 2 is 1.80 bits per heavy atom. The van der Waals surface area contributed by atoms with Gasteiger partial charge in [0.05, 0.1) is 0 Å². The van der Waals surface area contributed by atoms with E-state index in [1.54, 1.807) is 0 Å². The van der Waals surface area contributed by atoms with Crippen LogP contribution in [-0.4, -0.2) is 18.5 Å². The number of allylic oxidation sites excluding steroid dienone is 2. The Hall–Kier alpha value is -1.50. The zero-order valence-corrected chi connectivity index (χ0v) is 9.62. The molecule has 0 saturated heterocycles. The van der Waals surface area contributed by atoms with Gasteiger partial charge < -0.3 is 4.90 Å². The van der Waals surface area contributed by atoms with E-state index in [0.29, 0.717) is 0 Å². The van der Waals surface area contributed by atoms with Crippen LogP contribution in [0.1, 0.15) is 18.1 Å². The van der Waals surface area contributed by atoms with Gasteiger partial charge >= 0.3 is 0 Å². The third-order valence-electron chi connectivity index (χ3n) is 2.84. The first-order valence-corrected chi connectivity index (χ1v) is 5.33. The third-order valence-corrected chi connectivity index (χ3v) is 2.84. The maximum atomic E-state index is 2.30. The molecular formula is C14H17N. The molecule has 1 aromatic rings. The van der Waals surface area contributed by atoms with Gasteiger partial charge in [0.2, 0.25) is 0 Å². The van der Waals surface area contributed by atoms with Crippen LogP contribution in [0.5, 0.6) is 0 Å². The van der Waals surface area contributed by atoms with E-state index in [9.17, 15) is 0 Å². The summed E-state index contributed by atoms with van der Waals surface area (Å²) in [5.41, 5.74) is 5.40. The number of hydrogen-bond acceptors (Lipinski definition) is 1. The predicted octanol–water partition coefficient (Wildman–Crippen LogP) is 3.23. The number of likely N-dealkylation sites (N-methyl/N-ethyl adjacent to an activating group) is 1. The summed E-state index contributed by atoms with van der Waals surface area (Å²) in [7, 11) is 2.15. The maximum Gasteiger partial charge on any atom is 0.0442 e. The molecule has 0 unspecified atom stereocenters. The van der Waals surface area contributed by atoms with Crippen molar-refractivity contribution in [3.05, 3.63) is 53.1 Å². The molecule has 0 N–H and O–H groups in total. The molecule has 1 heterocycles. The van der Waals surface area contributed by atoms with E-state index in [-0.39, 0.29) is 0 Å². The highest BCUT2D eigenvalue weighted by Crippen LogP contribution is 2.25. The van der Waals surface area contributed by atoms with Crippen molar-refractivity contribution in [1.29, 1.82) is 0 Å². The van der Waals surface area contributed by atoms with Crippen LogP contribution in [0.4, 0.5) is 0 Å². The van der Waals surface area contributed by atoms with Crippen LogP contribution in [0.2, 0.25) is 0 Å². The monoisotopic (exact) mass is 199 g/mol. The lowest BCUT2D eigenvalue weighted by Crippen LogP contribution is -2.21. The topological polar surface area (TPSA) is 3.24 Å². The minimum atomic E-state index is 1.03. The lowest BCUT2D eigenvalue weighted by molar-refractivity contribution is 0.516. The van der Waals surface area contributed by atoms with E-state index >= 15 is 0 Å². The Morgan fingerprint density at radius 1 is 1.07 bits per heavy atom. The minimum absolute atomic E-state index is 1.03. The van der Waals surface area contributed by atoms with Crippen LogP contribution in [0, 0.1) is 6.92 Å². The van der Waals surface area contributed by atoms with Crippen molar-refractivity contribution in [2.45, 2.75) is 13.8 Å². The lowest BCUT2D eigenvalue weighted by Gasteiger charge is -2.27. The van der Waals surface area contributed by atoms with Crippen molar-refractivity contribution in [3.63, 3.8) is 0 Å². The van der Waals surface area contributed by atoms with Gasteiger partial charge in [0, 0.05) is 24.9 Å². The molecule has 0 aromatic heterocycles. The normalized spacial score (nSPS) is 16.1. The van der Waals surface area contributed by atoms with E-state index in [2.05, 4.69) is 62.2 Å². The van der Waals surface area contributed by atoms with Gasteiger partial charge in [-0.05, 0) is 25.5 Å². The highest BCUT2D eigenvalue weighted by atomic mass is 15.1. The van der Waals surface area contributed by atoms with Crippen LogP contribution >= 0.6 is 0 Å². The summed E-state index contributed by atoms with van der Waals surface area (Å²) in [5.74, 6) is 0. The first-order chi connectivity index (χ1) is 7.18. The van der Waals surface area contributed by atoms with Gasteiger partial charge in [0.15, 0.2) is 0 Å². The molecule has 1 aliphatic rings. The summed E-state index contributed by atoms with van der Waals surface area (Å²) in [5, 5.41) is 0. The smallest absolute Gasteiger partial charge is 0.0442 e. The molecule has 1 aliphatic heterocycles. The largest absolute Gasteiger partial charge is 0.370 e. The fourth-order valence-corrected chi connectivity index (χ4v) is 2.02. The fraction of sp³-hybridized carbons (Fsp3) is 0.286. The second-order valence-corrected chi connectivity index (χ2v) is 4.24. The van der Waals surface area contributed by atoms with E-state index in [0.717, 1.165) is 6.54 Å². The maximum absolute atomic E-state index is 2.30. The summed E-state index contributed by atoms with van der Waals surface area (Å²) in [4.78, 5) is 2.30. The SMILES string of the molecule is CC1=CC=C(c2ccccc2C)N(C)C1. The van der Waals surface area contributed by atoms with Gasteiger partial charge in [-0.15, -0.1) is 0 Å². The second kappa shape index (κ2) is 3.93. The Labute approximate surface area is 91.7 Å². The minimum Gasteiger partial charge on any atom is -0.370 e. The number of benzene rings is 1. The van der Waals surface area contributed by atoms with Crippen LogP contribution in [0.25, 0.3) is 5.70 Å². The number of hydrogen-bond donors (Lipinski definition) is 0. The lowest BCUT2D eigenvalue weighted by atomic mass is 10.0. The summed E-state index contributed by atoms with van der Waals surface area (Å²) in [6.45, 7) is 5.36. The zero-order valence-electron chi connectivity index (χ0n) is 9.62. The molecule has 1 nitrogen and oxygen atoms in total. The summed E-state index contributed by atoms with van der Waals surface area (Å²) >= 11 is 0. The Balaban J connectivity index is 2.44. The average Bonchev–Trinajstić information content (AvgIpc) is 2.20. The average molecular weight is 199 g/mol. The van der Waals surface area contributed by atoms with Crippen molar-refractivity contribution in [1.82, 2.24) is 4.90 Å². The van der Waals surface area contributed by atoms with Crippen molar-refractivity contribution in [2.75, 3.05) is 13.6 Å².